The first-order valence-electron chi connectivity index (χ1n) is 6.84. The van der Waals surface area contributed by atoms with Crippen LogP contribution in [0.1, 0.15) is 42.1 Å². The van der Waals surface area contributed by atoms with Crippen LogP contribution in [-0.4, -0.2) is 29.4 Å². The van der Waals surface area contributed by atoms with Gasteiger partial charge in [0, 0.05) is 23.1 Å². The van der Waals surface area contributed by atoms with Gasteiger partial charge >= 0.3 is 0 Å². The highest BCUT2D eigenvalue weighted by Crippen LogP contribution is 2.28. The Morgan fingerprint density at radius 1 is 1.47 bits per heavy atom. The number of halogens is 1. The molecule has 1 heterocycles. The van der Waals surface area contributed by atoms with Gasteiger partial charge in [-0.05, 0) is 60.7 Å². The average Bonchev–Trinajstić information content (AvgIpc) is 2.40. The second-order valence-electron chi connectivity index (χ2n) is 5.32. The first kappa shape index (κ1) is 14.5. The Morgan fingerprint density at radius 3 is 2.89 bits per heavy atom. The quantitative estimate of drug-likeness (QED) is 0.908. The minimum Gasteiger partial charge on any atom is -0.332 e. The number of piperidine rings is 1. The molecule has 0 aliphatic carbocycles. The Bertz CT molecular complexity index is 475. The van der Waals surface area contributed by atoms with Crippen LogP contribution in [0.5, 0.6) is 0 Å². The molecule has 0 bridgehead atoms. The number of carbonyl (C=O) groups excluding carboxylic acids is 1. The Balaban J connectivity index is 2.33. The Labute approximate surface area is 123 Å². The highest BCUT2D eigenvalue weighted by atomic mass is 79.9. The Morgan fingerprint density at radius 2 is 2.21 bits per heavy atom. The van der Waals surface area contributed by atoms with Gasteiger partial charge in [0.25, 0.3) is 5.91 Å². The van der Waals surface area contributed by atoms with Gasteiger partial charge in [-0.1, -0.05) is 12.1 Å². The minimum absolute atomic E-state index is 0.0956. The lowest BCUT2D eigenvalue weighted by Crippen LogP contribution is -2.51. The van der Waals surface area contributed by atoms with Crippen molar-refractivity contribution in [1.29, 1.82) is 0 Å². The molecule has 1 aromatic carbocycles. The third-order valence-electron chi connectivity index (χ3n) is 3.96. The zero-order chi connectivity index (χ0) is 14.0. The van der Waals surface area contributed by atoms with E-state index in [4.69, 9.17) is 5.73 Å². The number of hydrogen-bond donors (Lipinski definition) is 1. The van der Waals surface area contributed by atoms with E-state index in [2.05, 4.69) is 22.9 Å². The first-order chi connectivity index (χ1) is 9.06. The summed E-state index contributed by atoms with van der Waals surface area (Å²) in [5.41, 5.74) is 7.66. The van der Waals surface area contributed by atoms with Gasteiger partial charge in [-0.25, -0.2) is 0 Å². The van der Waals surface area contributed by atoms with Crippen LogP contribution in [0.15, 0.2) is 22.7 Å². The van der Waals surface area contributed by atoms with E-state index in [0.29, 0.717) is 6.54 Å². The van der Waals surface area contributed by atoms with Gasteiger partial charge in [0.15, 0.2) is 0 Å². The highest BCUT2D eigenvalue weighted by molar-refractivity contribution is 9.10. The van der Waals surface area contributed by atoms with Gasteiger partial charge in [-0.15, -0.1) is 0 Å². The molecule has 104 valence electrons. The fourth-order valence-electron chi connectivity index (χ4n) is 2.84. The lowest BCUT2D eigenvalue weighted by atomic mass is 9.95. The van der Waals surface area contributed by atoms with Crippen molar-refractivity contribution in [1.82, 2.24) is 4.90 Å². The van der Waals surface area contributed by atoms with Gasteiger partial charge in [0.05, 0.1) is 5.56 Å². The lowest BCUT2D eigenvalue weighted by Gasteiger charge is -2.40. The van der Waals surface area contributed by atoms with Crippen LogP contribution < -0.4 is 5.73 Å². The number of aryl methyl sites for hydroxylation is 1. The van der Waals surface area contributed by atoms with Crippen molar-refractivity contribution in [2.75, 3.05) is 6.54 Å². The predicted molar refractivity (Wildman–Crippen MR) is 81.2 cm³/mol. The van der Waals surface area contributed by atoms with E-state index >= 15 is 0 Å². The molecule has 1 saturated heterocycles. The van der Waals surface area contributed by atoms with Crippen LogP contribution in [0, 0.1) is 6.92 Å². The second kappa shape index (κ2) is 6.06. The van der Waals surface area contributed by atoms with Crippen LogP contribution in [0.4, 0.5) is 0 Å². The molecule has 2 atom stereocenters. The van der Waals surface area contributed by atoms with Gasteiger partial charge in [0.1, 0.15) is 0 Å². The zero-order valence-electron chi connectivity index (χ0n) is 11.5. The van der Waals surface area contributed by atoms with E-state index in [0.717, 1.165) is 34.9 Å². The molecule has 1 aromatic rings. The predicted octanol–water partition coefficient (Wildman–Crippen LogP) is 3.10. The molecule has 1 aliphatic rings. The Kier molecular flexibility index (Phi) is 4.63. The van der Waals surface area contributed by atoms with E-state index in [9.17, 15) is 4.79 Å². The maximum atomic E-state index is 12.8. The highest BCUT2D eigenvalue weighted by Gasteiger charge is 2.32. The summed E-state index contributed by atoms with van der Waals surface area (Å²) >= 11 is 3.53. The van der Waals surface area contributed by atoms with E-state index in [1.165, 1.54) is 0 Å². The largest absolute Gasteiger partial charge is 0.332 e. The SMILES string of the molecule is Cc1cccc(C(=O)N2C(C)CCCC2CN)c1Br. The van der Waals surface area contributed by atoms with Crippen LogP contribution in [-0.2, 0) is 0 Å². The number of nitrogens with two attached hydrogens (primary N) is 1. The van der Waals surface area contributed by atoms with Crippen molar-refractivity contribution < 1.29 is 4.79 Å². The molecule has 3 nitrogen and oxygen atoms in total. The summed E-state index contributed by atoms with van der Waals surface area (Å²) in [5.74, 6) is 0.0956. The van der Waals surface area contributed by atoms with Crippen molar-refractivity contribution in [3.63, 3.8) is 0 Å². The van der Waals surface area contributed by atoms with Gasteiger partial charge in [0.2, 0.25) is 0 Å². The molecule has 19 heavy (non-hydrogen) atoms. The molecule has 0 aromatic heterocycles. The average molecular weight is 325 g/mol. The summed E-state index contributed by atoms with van der Waals surface area (Å²) in [7, 11) is 0. The van der Waals surface area contributed by atoms with E-state index < -0.39 is 0 Å². The summed E-state index contributed by atoms with van der Waals surface area (Å²) in [6.07, 6.45) is 3.23. The van der Waals surface area contributed by atoms with E-state index in [1.807, 2.05) is 30.0 Å². The smallest absolute Gasteiger partial charge is 0.255 e. The van der Waals surface area contributed by atoms with Crippen molar-refractivity contribution in [3.8, 4) is 0 Å². The number of nitrogens with zero attached hydrogens (tertiary/aromatic N) is 1. The van der Waals surface area contributed by atoms with Crippen molar-refractivity contribution in [2.45, 2.75) is 45.2 Å². The standard InChI is InChI=1S/C15H21BrN2O/c1-10-5-3-8-13(14(10)16)15(19)18-11(2)6-4-7-12(18)9-17/h3,5,8,11-12H,4,6-7,9,17H2,1-2H3. The number of benzene rings is 1. The first-order valence-corrected chi connectivity index (χ1v) is 7.63. The summed E-state index contributed by atoms with van der Waals surface area (Å²) in [6.45, 7) is 4.66. The molecule has 0 radical (unpaired) electrons. The normalized spacial score (nSPS) is 23.5. The molecule has 2 N–H and O–H groups in total. The number of rotatable bonds is 2. The van der Waals surface area contributed by atoms with Gasteiger partial charge in [-0.2, -0.15) is 0 Å². The molecule has 2 rings (SSSR count). The van der Waals surface area contributed by atoms with Crippen LogP contribution in [0.2, 0.25) is 0 Å². The zero-order valence-corrected chi connectivity index (χ0v) is 13.1. The maximum Gasteiger partial charge on any atom is 0.255 e. The monoisotopic (exact) mass is 324 g/mol. The molecular formula is C15H21BrN2O. The molecule has 4 heteroatoms. The van der Waals surface area contributed by atoms with Gasteiger partial charge in [-0.3, -0.25) is 4.79 Å². The van der Waals surface area contributed by atoms with Crippen molar-refractivity contribution in [2.24, 2.45) is 5.73 Å². The number of likely N-dealkylation sites (tertiary alicyclic amines) is 1. The maximum absolute atomic E-state index is 12.8. The van der Waals surface area contributed by atoms with Crippen molar-refractivity contribution in [3.05, 3.63) is 33.8 Å². The topological polar surface area (TPSA) is 46.3 Å². The molecule has 0 saturated carbocycles. The summed E-state index contributed by atoms with van der Waals surface area (Å²) < 4.78 is 0.897. The van der Waals surface area contributed by atoms with E-state index in [1.54, 1.807) is 0 Å². The van der Waals surface area contributed by atoms with E-state index in [-0.39, 0.29) is 18.0 Å². The Hall–Kier alpha value is -0.870. The lowest BCUT2D eigenvalue weighted by molar-refractivity contribution is 0.0493. The fourth-order valence-corrected chi connectivity index (χ4v) is 3.27. The molecular weight excluding hydrogens is 304 g/mol. The molecule has 0 spiro atoms. The molecule has 2 unspecified atom stereocenters. The summed E-state index contributed by atoms with van der Waals surface area (Å²) in [4.78, 5) is 14.8. The summed E-state index contributed by atoms with van der Waals surface area (Å²) in [6, 6.07) is 6.25. The minimum atomic E-state index is 0.0956. The van der Waals surface area contributed by atoms with Crippen LogP contribution >= 0.6 is 15.9 Å². The third kappa shape index (κ3) is 2.84. The molecule has 1 aliphatic heterocycles. The number of carbonyl (C=O) groups is 1. The number of hydrogen-bond acceptors (Lipinski definition) is 2. The van der Waals surface area contributed by atoms with Gasteiger partial charge < -0.3 is 10.6 Å². The van der Waals surface area contributed by atoms with Crippen LogP contribution in [0.25, 0.3) is 0 Å². The third-order valence-corrected chi connectivity index (χ3v) is 5.01. The fraction of sp³-hybridized carbons (Fsp3) is 0.533. The van der Waals surface area contributed by atoms with Crippen molar-refractivity contribution >= 4 is 21.8 Å². The second-order valence-corrected chi connectivity index (χ2v) is 6.11. The molecule has 1 fully saturated rings. The summed E-state index contributed by atoms with van der Waals surface area (Å²) in [5, 5.41) is 0. The molecule has 1 amide bonds. The number of amides is 1. The van der Waals surface area contributed by atoms with Crippen LogP contribution in [0.3, 0.4) is 0 Å².